The molecule has 0 aromatic heterocycles. The molecule has 0 spiro atoms. The van der Waals surface area contributed by atoms with E-state index in [0.717, 1.165) is 12.8 Å². The third-order valence-electron chi connectivity index (χ3n) is 7.99. The Balaban J connectivity index is 1.98. The van der Waals surface area contributed by atoms with Gasteiger partial charge < -0.3 is 18.7 Å². The van der Waals surface area contributed by atoms with Crippen molar-refractivity contribution in [2.75, 3.05) is 6.79 Å². The minimum absolute atomic E-state index is 0.148. The van der Waals surface area contributed by atoms with Crippen LogP contribution in [-0.2, 0) is 18.7 Å². The minimum atomic E-state index is -2.93. The van der Waals surface area contributed by atoms with Gasteiger partial charge in [0, 0.05) is 11.0 Å². The van der Waals surface area contributed by atoms with E-state index >= 15 is 0 Å². The van der Waals surface area contributed by atoms with E-state index in [4.69, 9.17) is 13.9 Å². The van der Waals surface area contributed by atoms with Crippen molar-refractivity contribution in [3.63, 3.8) is 0 Å². The van der Waals surface area contributed by atoms with Crippen molar-refractivity contribution >= 4 is 25.0 Å². The second-order valence-electron chi connectivity index (χ2n) is 10.6. The molecule has 4 rings (SSSR count). The average molecular weight is 451 g/mol. The van der Waals surface area contributed by atoms with Crippen LogP contribution in [0.2, 0.25) is 5.54 Å². The summed E-state index contributed by atoms with van der Waals surface area (Å²) in [6.45, 7) is 11.3. The predicted molar refractivity (Wildman–Crippen MR) is 129 cm³/mol. The van der Waals surface area contributed by atoms with Crippen LogP contribution in [0.3, 0.4) is 0 Å². The molecule has 2 atom stereocenters. The molecular formula is C27H34O4Si. The zero-order valence-corrected chi connectivity index (χ0v) is 20.8. The van der Waals surface area contributed by atoms with Crippen LogP contribution in [0, 0.1) is 16.2 Å². The first kappa shape index (κ1) is 22.7. The topological polar surface area (TPSA) is 44.8 Å². The van der Waals surface area contributed by atoms with E-state index in [0.29, 0.717) is 5.95 Å². The molecule has 1 saturated carbocycles. The van der Waals surface area contributed by atoms with E-state index < -0.39 is 13.7 Å². The summed E-state index contributed by atoms with van der Waals surface area (Å²) >= 11 is 0. The summed E-state index contributed by atoms with van der Waals surface area (Å²) in [6.07, 6.45) is 4.56. The second kappa shape index (κ2) is 8.11. The molecule has 32 heavy (non-hydrogen) atoms. The van der Waals surface area contributed by atoms with Crippen LogP contribution in [0.5, 0.6) is 0 Å². The molecule has 5 heteroatoms. The lowest BCUT2D eigenvalue weighted by Gasteiger charge is -2.52. The van der Waals surface area contributed by atoms with Crippen LogP contribution in [0.15, 0.2) is 72.9 Å². The highest BCUT2D eigenvalue weighted by atomic mass is 28.4. The van der Waals surface area contributed by atoms with Gasteiger partial charge in [0.2, 0.25) is 6.79 Å². The maximum absolute atomic E-state index is 12.8. The van der Waals surface area contributed by atoms with Gasteiger partial charge in [0.1, 0.15) is 6.29 Å². The van der Waals surface area contributed by atoms with Gasteiger partial charge in [-0.25, -0.2) is 0 Å². The van der Waals surface area contributed by atoms with Crippen molar-refractivity contribution in [1.29, 1.82) is 0 Å². The van der Waals surface area contributed by atoms with Gasteiger partial charge in [-0.3, -0.25) is 0 Å². The molecule has 2 aromatic carbocycles. The summed E-state index contributed by atoms with van der Waals surface area (Å²) in [7, 11) is -2.93. The van der Waals surface area contributed by atoms with E-state index in [1.807, 2.05) is 12.1 Å². The number of rotatable bonds is 6. The molecule has 0 radical (unpaired) electrons. The molecule has 2 aromatic rings. The lowest BCUT2D eigenvalue weighted by atomic mass is 9.56. The fourth-order valence-corrected chi connectivity index (χ4v) is 11.5. The van der Waals surface area contributed by atoms with E-state index in [2.05, 4.69) is 83.1 Å². The summed E-state index contributed by atoms with van der Waals surface area (Å²) in [5.41, 5.74) is -0.788. The van der Waals surface area contributed by atoms with E-state index in [-0.39, 0.29) is 23.2 Å². The Hall–Kier alpha value is -2.53. The summed E-state index contributed by atoms with van der Waals surface area (Å²) in [6, 6.07) is 21.0. The fourth-order valence-electron chi connectivity index (χ4n) is 6.38. The highest BCUT2D eigenvalue weighted by molar-refractivity contribution is 6.98. The lowest BCUT2D eigenvalue weighted by Crippen LogP contribution is -2.67. The smallest absolute Gasteiger partial charge is 0.322 e. The van der Waals surface area contributed by atoms with Crippen molar-refractivity contribution in [2.45, 2.75) is 53.0 Å². The van der Waals surface area contributed by atoms with E-state index in [1.54, 1.807) is 6.26 Å². The Labute approximate surface area is 192 Å². The highest BCUT2D eigenvalue weighted by Crippen LogP contribution is 2.67. The predicted octanol–water partition coefficient (Wildman–Crippen LogP) is 4.99. The quantitative estimate of drug-likeness (QED) is 0.460. The molecule has 1 aliphatic heterocycles. The number of aldehydes is 1. The number of carbonyl (C=O) groups is 1. The van der Waals surface area contributed by atoms with Crippen LogP contribution in [-0.4, -0.2) is 21.4 Å². The average Bonchev–Trinajstić information content (AvgIpc) is 3.38. The van der Waals surface area contributed by atoms with Gasteiger partial charge in [0.25, 0.3) is 0 Å². The van der Waals surface area contributed by atoms with Crippen molar-refractivity contribution in [1.82, 2.24) is 0 Å². The monoisotopic (exact) mass is 450 g/mol. The highest BCUT2D eigenvalue weighted by Gasteiger charge is 2.67. The standard InChI is InChI=1S/C27H34O4Si/c1-25(2,3)27(19-28)17-16-23(26(27,4)5)32(21-12-8-6-9-13-21,22-14-10-7-11-15-22)31-24-18-29-20-30-24/h6-15,18-19,23H,16-17,20H2,1-5H3. The Bertz CT molecular complexity index is 938. The molecule has 0 N–H and O–H groups in total. The van der Waals surface area contributed by atoms with Crippen LogP contribution in [0.25, 0.3) is 0 Å². The molecular weight excluding hydrogens is 416 g/mol. The molecule has 0 bridgehead atoms. The third kappa shape index (κ3) is 3.29. The number of hydrogen-bond acceptors (Lipinski definition) is 4. The molecule has 1 heterocycles. The normalized spacial score (nSPS) is 24.9. The maximum atomic E-state index is 12.8. The van der Waals surface area contributed by atoms with Crippen molar-refractivity contribution in [3.05, 3.63) is 72.9 Å². The number of benzene rings is 2. The van der Waals surface area contributed by atoms with Gasteiger partial charge in [-0.1, -0.05) is 95.3 Å². The Morgan fingerprint density at radius 2 is 1.56 bits per heavy atom. The zero-order valence-electron chi connectivity index (χ0n) is 19.8. The van der Waals surface area contributed by atoms with Gasteiger partial charge in [-0.15, -0.1) is 0 Å². The van der Waals surface area contributed by atoms with Gasteiger partial charge in [0.05, 0.1) is 0 Å². The Morgan fingerprint density at radius 3 is 1.97 bits per heavy atom. The Kier molecular flexibility index (Phi) is 5.74. The van der Waals surface area contributed by atoms with E-state index in [1.165, 1.54) is 16.7 Å². The fraction of sp³-hybridized carbons (Fsp3) is 0.444. The van der Waals surface area contributed by atoms with E-state index in [9.17, 15) is 4.79 Å². The zero-order chi connectivity index (χ0) is 23.0. The molecule has 170 valence electrons. The second-order valence-corrected chi connectivity index (χ2v) is 14.1. The molecule has 0 saturated heterocycles. The molecule has 4 nitrogen and oxygen atoms in total. The number of carbonyl (C=O) groups excluding carboxylic acids is 1. The summed E-state index contributed by atoms with van der Waals surface area (Å²) in [5.74, 6) is 0.430. The van der Waals surface area contributed by atoms with Crippen molar-refractivity contribution in [3.8, 4) is 0 Å². The first-order chi connectivity index (χ1) is 15.2. The summed E-state index contributed by atoms with van der Waals surface area (Å²) in [5, 5.41) is 2.35. The largest absolute Gasteiger partial charge is 0.507 e. The third-order valence-corrected chi connectivity index (χ3v) is 12.9. The maximum Gasteiger partial charge on any atom is 0.322 e. The van der Waals surface area contributed by atoms with Crippen LogP contribution >= 0.6 is 0 Å². The Morgan fingerprint density at radius 1 is 1.00 bits per heavy atom. The number of hydrogen-bond donors (Lipinski definition) is 0. The minimum Gasteiger partial charge on any atom is -0.507 e. The van der Waals surface area contributed by atoms with Gasteiger partial charge >= 0.3 is 14.3 Å². The van der Waals surface area contributed by atoms with Crippen LogP contribution < -0.4 is 10.4 Å². The van der Waals surface area contributed by atoms with Crippen molar-refractivity contribution < 1.29 is 18.7 Å². The van der Waals surface area contributed by atoms with Crippen LogP contribution in [0.1, 0.15) is 47.5 Å². The molecule has 0 amide bonds. The van der Waals surface area contributed by atoms with Crippen molar-refractivity contribution in [2.24, 2.45) is 16.2 Å². The molecule has 1 aliphatic carbocycles. The first-order valence-corrected chi connectivity index (χ1v) is 13.4. The first-order valence-electron chi connectivity index (χ1n) is 11.4. The summed E-state index contributed by atoms with van der Waals surface area (Å²) < 4.78 is 18.0. The lowest BCUT2D eigenvalue weighted by molar-refractivity contribution is -0.130. The molecule has 2 unspecified atom stereocenters. The van der Waals surface area contributed by atoms with Gasteiger partial charge in [-0.05, 0) is 34.0 Å². The van der Waals surface area contributed by atoms with Gasteiger partial charge in [-0.2, -0.15) is 0 Å². The summed E-state index contributed by atoms with van der Waals surface area (Å²) in [4.78, 5) is 12.8. The molecule has 2 aliphatic rings. The van der Waals surface area contributed by atoms with Gasteiger partial charge in [0.15, 0.2) is 6.26 Å². The number of ether oxygens (including phenoxy) is 2. The SMILES string of the molecule is CC(C)(C)C1(C=O)CCC([Si](OC2=COCO2)(c2ccccc2)c2ccccc2)C1(C)C. The molecule has 1 fully saturated rings. The van der Waals surface area contributed by atoms with Crippen LogP contribution in [0.4, 0.5) is 0 Å².